The topological polar surface area (TPSA) is 55.8 Å². The number of carbonyl (C=O) groups is 1. The van der Waals surface area contributed by atoms with Gasteiger partial charge >= 0.3 is 5.97 Å². The van der Waals surface area contributed by atoms with Gasteiger partial charge in [-0.25, -0.2) is 0 Å². The van der Waals surface area contributed by atoms with Gasteiger partial charge in [0.25, 0.3) is 0 Å². The lowest BCUT2D eigenvalue weighted by Gasteiger charge is -2.32. The zero-order valence-corrected chi connectivity index (χ0v) is 16.0. The molecule has 2 aliphatic heterocycles. The highest BCUT2D eigenvalue weighted by atomic mass is 16.5. The second kappa shape index (κ2) is 11.0. The number of allylic oxidation sites excluding steroid dienone is 2. The third kappa shape index (κ3) is 6.41. The minimum Gasteiger partial charge on any atom is -0.481 e. The van der Waals surface area contributed by atoms with Crippen LogP contribution in [0.25, 0.3) is 0 Å². The van der Waals surface area contributed by atoms with Crippen molar-refractivity contribution in [3.63, 3.8) is 0 Å². The molecule has 1 N–H and O–H groups in total. The average molecular weight is 353 g/mol. The van der Waals surface area contributed by atoms with E-state index in [2.05, 4.69) is 26.0 Å². The van der Waals surface area contributed by atoms with Crippen molar-refractivity contribution in [1.29, 1.82) is 0 Å². The van der Waals surface area contributed by atoms with Gasteiger partial charge in [-0.2, -0.15) is 0 Å². The molecular weight excluding hydrogens is 316 g/mol. The highest BCUT2D eigenvalue weighted by Gasteiger charge is 2.50. The number of hydrogen-bond donors (Lipinski definition) is 1. The van der Waals surface area contributed by atoms with Gasteiger partial charge in [0.1, 0.15) is 0 Å². The standard InChI is InChI=1S/C21H36O4/c1-3-4-5-10-15-24-16(2)21-17(18-13-14-19(21)25-18)11-8-6-7-9-12-20(22)23/h6,8,16-19,21H,3-5,7,9-15H2,1-2H3,(H,22,23)/b8-6-/t16?,17-,18+,19-,21-/m0/s1. The number of carboxylic acids is 1. The summed E-state index contributed by atoms with van der Waals surface area (Å²) in [6.45, 7) is 5.32. The molecule has 4 heteroatoms. The number of carboxylic acid groups (broad SMARTS) is 1. The Morgan fingerprint density at radius 2 is 2.00 bits per heavy atom. The zero-order valence-electron chi connectivity index (χ0n) is 16.0. The summed E-state index contributed by atoms with van der Waals surface area (Å²) < 4.78 is 12.3. The molecule has 144 valence electrons. The highest BCUT2D eigenvalue weighted by Crippen LogP contribution is 2.47. The molecule has 0 aliphatic carbocycles. The minimum absolute atomic E-state index is 0.257. The summed E-state index contributed by atoms with van der Waals surface area (Å²) in [5.41, 5.74) is 0. The molecule has 2 saturated heterocycles. The molecule has 5 atom stereocenters. The Labute approximate surface area is 153 Å². The first kappa shape index (κ1) is 20.4. The molecular formula is C21H36O4. The van der Waals surface area contributed by atoms with E-state index >= 15 is 0 Å². The SMILES string of the molecule is CCCCCCOC(C)[C@H]1[C@@H](C/C=C\CCCC(=O)O)[C@H]2CC[C@@H]1O2. The van der Waals surface area contributed by atoms with Crippen LogP contribution in [0.1, 0.15) is 78.1 Å². The number of fused-ring (bicyclic) bond motifs is 2. The summed E-state index contributed by atoms with van der Waals surface area (Å²) in [4.78, 5) is 10.5. The van der Waals surface area contributed by atoms with Gasteiger partial charge in [-0.15, -0.1) is 0 Å². The summed E-state index contributed by atoms with van der Waals surface area (Å²) in [7, 11) is 0. The predicted octanol–water partition coefficient (Wildman–Crippen LogP) is 4.97. The van der Waals surface area contributed by atoms with E-state index in [0.29, 0.717) is 24.0 Å². The molecule has 0 aromatic carbocycles. The van der Waals surface area contributed by atoms with E-state index in [4.69, 9.17) is 14.6 Å². The minimum atomic E-state index is -0.708. The van der Waals surface area contributed by atoms with Crippen LogP contribution >= 0.6 is 0 Å². The third-order valence-corrected chi connectivity index (χ3v) is 5.74. The molecule has 0 aromatic heterocycles. The molecule has 25 heavy (non-hydrogen) atoms. The first-order chi connectivity index (χ1) is 12.1. The number of unbranched alkanes of at least 4 members (excludes halogenated alkanes) is 4. The van der Waals surface area contributed by atoms with E-state index in [9.17, 15) is 4.79 Å². The Bertz CT molecular complexity index is 420. The Morgan fingerprint density at radius 3 is 2.76 bits per heavy atom. The monoisotopic (exact) mass is 352 g/mol. The van der Waals surface area contributed by atoms with Crippen molar-refractivity contribution in [2.45, 2.75) is 96.4 Å². The van der Waals surface area contributed by atoms with Crippen molar-refractivity contribution in [1.82, 2.24) is 0 Å². The first-order valence-electron chi connectivity index (χ1n) is 10.3. The Kier molecular flexibility index (Phi) is 8.97. The summed E-state index contributed by atoms with van der Waals surface area (Å²) >= 11 is 0. The quantitative estimate of drug-likeness (QED) is 0.376. The van der Waals surface area contributed by atoms with Gasteiger partial charge in [-0.1, -0.05) is 38.3 Å². The second-order valence-corrected chi connectivity index (χ2v) is 7.66. The molecule has 0 aromatic rings. The molecule has 0 radical (unpaired) electrons. The van der Waals surface area contributed by atoms with Crippen LogP contribution in [0.2, 0.25) is 0 Å². The first-order valence-corrected chi connectivity index (χ1v) is 10.3. The van der Waals surface area contributed by atoms with Crippen molar-refractivity contribution in [2.75, 3.05) is 6.61 Å². The van der Waals surface area contributed by atoms with Crippen molar-refractivity contribution < 1.29 is 19.4 Å². The van der Waals surface area contributed by atoms with Crippen LogP contribution in [-0.4, -0.2) is 36.0 Å². The molecule has 0 amide bonds. The van der Waals surface area contributed by atoms with Gasteiger partial charge in [-0.05, 0) is 51.4 Å². The van der Waals surface area contributed by atoms with E-state index in [-0.39, 0.29) is 12.5 Å². The number of rotatable bonds is 13. The molecule has 2 fully saturated rings. The van der Waals surface area contributed by atoms with Crippen LogP contribution in [-0.2, 0) is 14.3 Å². The number of aliphatic carboxylic acids is 1. The van der Waals surface area contributed by atoms with Crippen molar-refractivity contribution in [3.05, 3.63) is 12.2 Å². The Balaban J connectivity index is 1.74. The van der Waals surface area contributed by atoms with Crippen LogP contribution in [0.4, 0.5) is 0 Å². The van der Waals surface area contributed by atoms with Gasteiger partial charge in [-0.3, -0.25) is 4.79 Å². The lowest BCUT2D eigenvalue weighted by atomic mass is 9.75. The third-order valence-electron chi connectivity index (χ3n) is 5.74. The maximum Gasteiger partial charge on any atom is 0.303 e. The van der Waals surface area contributed by atoms with Crippen LogP contribution in [0.5, 0.6) is 0 Å². The number of ether oxygens (including phenoxy) is 2. The van der Waals surface area contributed by atoms with Gasteiger partial charge in [0.05, 0.1) is 18.3 Å². The Hall–Kier alpha value is -0.870. The van der Waals surface area contributed by atoms with E-state index < -0.39 is 5.97 Å². The zero-order chi connectivity index (χ0) is 18.1. The maximum atomic E-state index is 10.5. The molecule has 0 saturated carbocycles. The van der Waals surface area contributed by atoms with Crippen molar-refractivity contribution in [2.24, 2.45) is 11.8 Å². The smallest absolute Gasteiger partial charge is 0.303 e. The molecule has 2 bridgehead atoms. The fraction of sp³-hybridized carbons (Fsp3) is 0.857. The molecule has 4 nitrogen and oxygen atoms in total. The lowest BCUT2D eigenvalue weighted by molar-refractivity contribution is -0.137. The van der Waals surface area contributed by atoms with Gasteiger partial charge < -0.3 is 14.6 Å². The average Bonchev–Trinajstić information content (AvgIpc) is 3.18. The molecule has 2 rings (SSSR count). The maximum absolute atomic E-state index is 10.5. The Morgan fingerprint density at radius 1 is 1.20 bits per heavy atom. The normalized spacial score (nSPS) is 29.5. The second-order valence-electron chi connectivity index (χ2n) is 7.66. The van der Waals surface area contributed by atoms with Crippen molar-refractivity contribution in [3.8, 4) is 0 Å². The fourth-order valence-electron chi connectivity index (χ4n) is 4.42. The largest absolute Gasteiger partial charge is 0.481 e. The molecule has 1 unspecified atom stereocenters. The molecule has 2 heterocycles. The number of hydrogen-bond acceptors (Lipinski definition) is 3. The summed E-state index contributed by atoms with van der Waals surface area (Å²) in [5, 5.41) is 8.67. The summed E-state index contributed by atoms with van der Waals surface area (Å²) in [6, 6.07) is 0. The van der Waals surface area contributed by atoms with Crippen LogP contribution < -0.4 is 0 Å². The summed E-state index contributed by atoms with van der Waals surface area (Å²) in [6.07, 6.45) is 15.6. The molecule has 0 spiro atoms. The van der Waals surface area contributed by atoms with Gasteiger partial charge in [0.15, 0.2) is 0 Å². The predicted molar refractivity (Wildman–Crippen MR) is 99.7 cm³/mol. The van der Waals surface area contributed by atoms with E-state index in [1.807, 2.05) is 0 Å². The lowest BCUT2D eigenvalue weighted by Crippen LogP contribution is -2.36. The molecule has 2 aliphatic rings. The van der Waals surface area contributed by atoms with Gasteiger partial charge in [0.2, 0.25) is 0 Å². The fourth-order valence-corrected chi connectivity index (χ4v) is 4.42. The van der Waals surface area contributed by atoms with Gasteiger partial charge in [0, 0.05) is 18.9 Å². The summed E-state index contributed by atoms with van der Waals surface area (Å²) in [5.74, 6) is 0.355. The van der Waals surface area contributed by atoms with E-state index in [0.717, 1.165) is 32.3 Å². The van der Waals surface area contributed by atoms with Crippen LogP contribution in [0, 0.1) is 11.8 Å². The highest BCUT2D eigenvalue weighted by molar-refractivity contribution is 5.66. The van der Waals surface area contributed by atoms with Crippen molar-refractivity contribution >= 4 is 5.97 Å². The van der Waals surface area contributed by atoms with Crippen LogP contribution in [0.15, 0.2) is 12.2 Å². The van der Waals surface area contributed by atoms with E-state index in [1.165, 1.54) is 32.1 Å². The van der Waals surface area contributed by atoms with E-state index in [1.54, 1.807) is 0 Å². The van der Waals surface area contributed by atoms with Crippen LogP contribution in [0.3, 0.4) is 0 Å².